The van der Waals surface area contributed by atoms with Crippen LogP contribution in [0.4, 0.5) is 0 Å². The van der Waals surface area contributed by atoms with E-state index in [9.17, 15) is 18.3 Å². The highest BCUT2D eigenvalue weighted by atomic mass is 32.2. The quantitative estimate of drug-likeness (QED) is 0.339. The van der Waals surface area contributed by atoms with Gasteiger partial charge in [-0.15, -0.1) is 0 Å². The average molecular weight is 590 g/mol. The van der Waals surface area contributed by atoms with Crippen LogP contribution in [-0.2, 0) is 34.2 Å². The molecule has 4 aromatic rings. The largest absolute Gasteiger partial charge is 0.394 e. The lowest BCUT2D eigenvalue weighted by molar-refractivity contribution is -0.0147. The number of ether oxygens (including phenoxy) is 1. The number of benzene rings is 3. The number of amides is 1. The van der Waals surface area contributed by atoms with Gasteiger partial charge in [0, 0.05) is 49.6 Å². The lowest BCUT2D eigenvalue weighted by Gasteiger charge is -2.35. The molecule has 222 valence electrons. The smallest absolute Gasteiger partial charge is 0.271 e. The third-order valence-corrected chi connectivity index (χ3v) is 10.1. The molecule has 0 radical (unpaired) electrons. The van der Waals surface area contributed by atoms with Gasteiger partial charge in [0.15, 0.2) is 0 Å². The van der Waals surface area contributed by atoms with Crippen LogP contribution in [0.1, 0.15) is 35.5 Å². The highest BCUT2D eigenvalue weighted by molar-refractivity contribution is 7.88. The molecule has 8 nitrogen and oxygen atoms in total. The number of nitrogens with zero attached hydrogens (tertiary/aromatic N) is 3. The molecule has 1 amide bonds. The molecule has 0 saturated carbocycles. The van der Waals surface area contributed by atoms with Gasteiger partial charge in [-0.3, -0.25) is 4.79 Å². The molecular formula is C33H39N3O5S. The van der Waals surface area contributed by atoms with E-state index in [-0.39, 0.29) is 43.9 Å². The number of aliphatic hydroxyl groups excluding tert-OH is 1. The van der Waals surface area contributed by atoms with Crippen LogP contribution >= 0.6 is 0 Å². The summed E-state index contributed by atoms with van der Waals surface area (Å²) < 4.78 is 36.5. The van der Waals surface area contributed by atoms with E-state index in [0.717, 1.165) is 27.6 Å². The standard InChI is InChI=1S/C33H39N3O5S/c1-23-18-36(24(2)20-37)33(38)32-31(28-16-10-11-17-29(28)35(32)4)27-15-9-8-14-26(27)21-41-30(23)19-34(3)42(39,40)22-25-12-6-5-7-13-25/h5-17,23-24,30,37H,18-22H2,1-4H3/t23-,24+,30+/m1/s1. The topological polar surface area (TPSA) is 92.1 Å². The number of hydrogen-bond donors (Lipinski definition) is 1. The van der Waals surface area contributed by atoms with Gasteiger partial charge in [-0.2, -0.15) is 0 Å². The van der Waals surface area contributed by atoms with Crippen LogP contribution in [0, 0.1) is 5.92 Å². The lowest BCUT2D eigenvalue weighted by atomic mass is 9.96. The molecule has 0 saturated heterocycles. The molecule has 0 fully saturated rings. The molecule has 0 aliphatic carbocycles. The normalized spacial score (nSPS) is 18.9. The highest BCUT2D eigenvalue weighted by Gasteiger charge is 2.34. The zero-order valence-electron chi connectivity index (χ0n) is 24.6. The molecule has 3 atom stereocenters. The third-order valence-electron chi connectivity index (χ3n) is 8.33. The molecule has 1 aliphatic heterocycles. The number of para-hydroxylation sites is 1. The van der Waals surface area contributed by atoms with Crippen molar-refractivity contribution in [3.63, 3.8) is 0 Å². The number of sulfonamides is 1. The Balaban J connectivity index is 1.57. The second kappa shape index (κ2) is 12.4. The Bertz CT molecular complexity index is 1670. The van der Waals surface area contributed by atoms with Gasteiger partial charge in [0.2, 0.25) is 10.0 Å². The molecule has 3 aromatic carbocycles. The van der Waals surface area contributed by atoms with E-state index in [0.29, 0.717) is 11.3 Å². The summed E-state index contributed by atoms with van der Waals surface area (Å²) in [6.07, 6.45) is -0.507. The van der Waals surface area contributed by atoms with E-state index in [4.69, 9.17) is 4.74 Å². The minimum Gasteiger partial charge on any atom is -0.394 e. The molecule has 0 unspecified atom stereocenters. The summed E-state index contributed by atoms with van der Waals surface area (Å²) in [6, 6.07) is 24.5. The van der Waals surface area contributed by atoms with Crippen molar-refractivity contribution in [2.75, 3.05) is 26.7 Å². The van der Waals surface area contributed by atoms with Gasteiger partial charge < -0.3 is 19.3 Å². The fraction of sp³-hybridized carbons (Fsp3) is 0.364. The van der Waals surface area contributed by atoms with Crippen molar-refractivity contribution in [1.82, 2.24) is 13.8 Å². The first-order chi connectivity index (χ1) is 20.1. The molecule has 1 N–H and O–H groups in total. The molecule has 42 heavy (non-hydrogen) atoms. The van der Waals surface area contributed by atoms with E-state index >= 15 is 0 Å². The Morgan fingerprint density at radius 3 is 2.43 bits per heavy atom. The second-order valence-electron chi connectivity index (χ2n) is 11.3. The first kappa shape index (κ1) is 30.0. The van der Waals surface area contributed by atoms with Crippen molar-refractivity contribution in [2.24, 2.45) is 13.0 Å². The summed E-state index contributed by atoms with van der Waals surface area (Å²) in [5.41, 5.74) is 4.86. The summed E-state index contributed by atoms with van der Waals surface area (Å²) in [4.78, 5) is 16.2. The molecule has 0 spiro atoms. The van der Waals surface area contributed by atoms with E-state index in [1.165, 1.54) is 4.31 Å². The molecule has 1 aliphatic rings. The summed E-state index contributed by atoms with van der Waals surface area (Å²) in [5, 5.41) is 11.1. The number of aliphatic hydroxyl groups is 1. The number of rotatable bonds is 7. The molecule has 9 heteroatoms. The van der Waals surface area contributed by atoms with Gasteiger partial charge in [-0.25, -0.2) is 12.7 Å². The van der Waals surface area contributed by atoms with E-state index in [1.807, 2.05) is 92.2 Å². The molecular weight excluding hydrogens is 550 g/mol. The lowest BCUT2D eigenvalue weighted by Crippen LogP contribution is -2.48. The van der Waals surface area contributed by atoms with Crippen molar-refractivity contribution < 1.29 is 23.1 Å². The number of hydrogen-bond acceptors (Lipinski definition) is 5. The number of aryl methyl sites for hydroxylation is 1. The maximum absolute atomic E-state index is 14.5. The van der Waals surface area contributed by atoms with Gasteiger partial charge in [-0.1, -0.05) is 79.7 Å². The summed E-state index contributed by atoms with van der Waals surface area (Å²) in [7, 11) is -0.142. The Morgan fingerprint density at radius 2 is 1.69 bits per heavy atom. The first-order valence-electron chi connectivity index (χ1n) is 14.3. The van der Waals surface area contributed by atoms with Gasteiger partial charge in [0.1, 0.15) is 5.69 Å². The first-order valence-corrected chi connectivity index (χ1v) is 15.9. The maximum atomic E-state index is 14.5. The zero-order chi connectivity index (χ0) is 30.0. The second-order valence-corrected chi connectivity index (χ2v) is 13.4. The molecule has 1 aromatic heterocycles. The predicted octanol–water partition coefficient (Wildman–Crippen LogP) is 4.67. The van der Waals surface area contributed by atoms with Crippen LogP contribution in [0.5, 0.6) is 0 Å². The van der Waals surface area contributed by atoms with Crippen LogP contribution < -0.4 is 0 Å². The Hall–Kier alpha value is -3.50. The van der Waals surface area contributed by atoms with Gasteiger partial charge in [0.05, 0.1) is 31.1 Å². The highest BCUT2D eigenvalue weighted by Crippen LogP contribution is 2.38. The van der Waals surface area contributed by atoms with Crippen molar-refractivity contribution >= 4 is 26.8 Å². The average Bonchev–Trinajstić information content (AvgIpc) is 3.28. The monoisotopic (exact) mass is 589 g/mol. The van der Waals surface area contributed by atoms with Crippen molar-refractivity contribution in [2.45, 2.75) is 38.4 Å². The summed E-state index contributed by atoms with van der Waals surface area (Å²) in [6.45, 7) is 4.26. The molecule has 0 bridgehead atoms. The van der Waals surface area contributed by atoms with Crippen LogP contribution in [0.2, 0.25) is 0 Å². The van der Waals surface area contributed by atoms with E-state index in [2.05, 4.69) is 0 Å². The zero-order valence-corrected chi connectivity index (χ0v) is 25.4. The van der Waals surface area contributed by atoms with Crippen LogP contribution in [-0.4, -0.2) is 72.1 Å². The summed E-state index contributed by atoms with van der Waals surface area (Å²) >= 11 is 0. The van der Waals surface area contributed by atoms with Crippen LogP contribution in [0.25, 0.3) is 22.0 Å². The fourth-order valence-corrected chi connectivity index (χ4v) is 7.00. The molecule has 2 heterocycles. The predicted molar refractivity (Wildman–Crippen MR) is 165 cm³/mol. The Labute approximate surface area is 248 Å². The number of carbonyl (C=O) groups excluding carboxylic acids is 1. The van der Waals surface area contributed by atoms with E-state index in [1.54, 1.807) is 24.1 Å². The minimum atomic E-state index is -3.62. The fourth-order valence-electron chi connectivity index (χ4n) is 5.79. The number of aromatic nitrogens is 1. The van der Waals surface area contributed by atoms with Crippen molar-refractivity contribution in [3.05, 3.63) is 95.7 Å². The Morgan fingerprint density at radius 1 is 1.02 bits per heavy atom. The molecule has 5 rings (SSSR count). The summed E-state index contributed by atoms with van der Waals surface area (Å²) in [5.74, 6) is -0.527. The maximum Gasteiger partial charge on any atom is 0.271 e. The minimum absolute atomic E-state index is 0.108. The Kier molecular flexibility index (Phi) is 8.84. The van der Waals surface area contributed by atoms with E-state index < -0.39 is 22.2 Å². The SMILES string of the molecule is C[C@@H]1CN([C@@H](C)CO)C(=O)c2c(c3ccccc3n2C)-c2ccccc2CO[C@H]1CN(C)S(=O)(=O)Cc1ccccc1. The number of fused-ring (bicyclic) bond motifs is 5. The van der Waals surface area contributed by atoms with Gasteiger partial charge in [-0.05, 0) is 29.7 Å². The van der Waals surface area contributed by atoms with Crippen LogP contribution in [0.3, 0.4) is 0 Å². The van der Waals surface area contributed by atoms with Crippen molar-refractivity contribution in [1.29, 1.82) is 0 Å². The van der Waals surface area contributed by atoms with Crippen molar-refractivity contribution in [3.8, 4) is 11.1 Å². The number of carbonyl (C=O) groups is 1. The third kappa shape index (κ3) is 5.87. The van der Waals surface area contributed by atoms with Gasteiger partial charge >= 0.3 is 0 Å². The van der Waals surface area contributed by atoms with Crippen LogP contribution in [0.15, 0.2) is 78.9 Å². The number of likely N-dealkylation sites (N-methyl/N-ethyl adjacent to an activating group) is 1. The van der Waals surface area contributed by atoms with Gasteiger partial charge in [0.25, 0.3) is 5.91 Å².